The highest BCUT2D eigenvalue weighted by Gasteiger charge is 2.34. The van der Waals surface area contributed by atoms with Gasteiger partial charge < -0.3 is 5.32 Å². The molecule has 1 saturated heterocycles. The van der Waals surface area contributed by atoms with Gasteiger partial charge in [-0.1, -0.05) is 23.7 Å². The lowest BCUT2D eigenvalue weighted by Gasteiger charge is -2.18. The van der Waals surface area contributed by atoms with Crippen LogP contribution in [0.25, 0.3) is 0 Å². The number of benzene rings is 1. The lowest BCUT2D eigenvalue weighted by atomic mass is 9.88. The number of carbonyl (C=O) groups is 1. The van der Waals surface area contributed by atoms with Gasteiger partial charge in [-0.2, -0.15) is 0 Å². The van der Waals surface area contributed by atoms with E-state index in [0.717, 1.165) is 18.1 Å². The Morgan fingerprint density at radius 2 is 1.84 bits per heavy atom. The molecule has 0 spiro atoms. The monoisotopic (exact) mass is 274 g/mol. The number of halogens is 1. The molecule has 3 rings (SSSR count). The van der Waals surface area contributed by atoms with Gasteiger partial charge in [0.05, 0.1) is 5.92 Å². The highest BCUT2D eigenvalue weighted by molar-refractivity contribution is 6.30. The van der Waals surface area contributed by atoms with Crippen molar-refractivity contribution in [3.05, 3.63) is 59.4 Å². The third-order valence-corrected chi connectivity index (χ3v) is 3.94. The number of hydrogen-bond donors (Lipinski definition) is 1. The Kier molecular flexibility index (Phi) is 3.40. The first-order valence-electron chi connectivity index (χ1n) is 6.39. The van der Waals surface area contributed by atoms with E-state index in [4.69, 9.17) is 11.6 Å². The van der Waals surface area contributed by atoms with Crippen LogP contribution < -0.4 is 5.32 Å². The summed E-state index contributed by atoms with van der Waals surface area (Å²) in [7, 11) is 0. The average Bonchev–Trinajstić information content (AvgIpc) is 3.10. The summed E-state index contributed by atoms with van der Waals surface area (Å²) >= 11 is 5.91. The second-order valence-electron chi connectivity index (χ2n) is 4.85. The van der Waals surface area contributed by atoms with Crippen LogP contribution in [-0.4, -0.2) is 23.6 Å². The van der Waals surface area contributed by atoms with E-state index in [0.29, 0.717) is 0 Å². The fraction of sp³-hybridized carbons (Fsp3) is 0.267. The van der Waals surface area contributed by atoms with Crippen LogP contribution in [0.15, 0.2) is 48.8 Å². The predicted molar refractivity (Wildman–Crippen MR) is 75.6 cm³/mol. The largest absolute Gasteiger partial charge is 0.315 e. The van der Waals surface area contributed by atoms with Crippen LogP contribution in [0.3, 0.4) is 0 Å². The zero-order chi connectivity index (χ0) is 13.2. The molecule has 3 nitrogen and oxygen atoms in total. The molecule has 2 aromatic rings. The molecule has 4 heteroatoms. The Hall–Kier alpha value is -1.58. The molecule has 19 heavy (non-hydrogen) atoms. The SMILES string of the molecule is O=C([C@@H]1CNC[C@H]1c1ccc(Cl)cc1)n1cccc1. The van der Waals surface area contributed by atoms with Crippen molar-refractivity contribution >= 4 is 17.5 Å². The van der Waals surface area contributed by atoms with Crippen molar-refractivity contribution < 1.29 is 4.79 Å². The van der Waals surface area contributed by atoms with Gasteiger partial charge in [0.25, 0.3) is 0 Å². The van der Waals surface area contributed by atoms with E-state index in [1.807, 2.05) is 36.4 Å². The molecule has 1 aliphatic rings. The second-order valence-corrected chi connectivity index (χ2v) is 5.29. The van der Waals surface area contributed by atoms with Gasteiger partial charge in [0, 0.05) is 36.4 Å². The van der Waals surface area contributed by atoms with Crippen LogP contribution in [0.5, 0.6) is 0 Å². The lowest BCUT2D eigenvalue weighted by molar-refractivity contribution is 0.0835. The molecule has 0 amide bonds. The molecule has 1 aromatic heterocycles. The first-order valence-corrected chi connectivity index (χ1v) is 6.77. The quantitative estimate of drug-likeness (QED) is 0.914. The van der Waals surface area contributed by atoms with Gasteiger partial charge in [-0.3, -0.25) is 9.36 Å². The molecule has 98 valence electrons. The molecule has 2 heterocycles. The molecule has 0 radical (unpaired) electrons. The maximum atomic E-state index is 12.5. The number of carbonyl (C=O) groups excluding carboxylic acids is 1. The van der Waals surface area contributed by atoms with Gasteiger partial charge in [0.1, 0.15) is 0 Å². The molecular weight excluding hydrogens is 260 g/mol. The van der Waals surface area contributed by atoms with Gasteiger partial charge in [0.2, 0.25) is 5.91 Å². The maximum Gasteiger partial charge on any atom is 0.235 e. The van der Waals surface area contributed by atoms with Crippen LogP contribution in [0.1, 0.15) is 16.3 Å². The van der Waals surface area contributed by atoms with E-state index in [1.54, 1.807) is 17.0 Å². The highest BCUT2D eigenvalue weighted by atomic mass is 35.5. The minimum Gasteiger partial charge on any atom is -0.315 e. The lowest BCUT2D eigenvalue weighted by Crippen LogP contribution is -2.26. The summed E-state index contributed by atoms with van der Waals surface area (Å²) in [5.41, 5.74) is 1.17. The maximum absolute atomic E-state index is 12.5. The average molecular weight is 275 g/mol. The summed E-state index contributed by atoms with van der Waals surface area (Å²) in [6.45, 7) is 1.56. The first-order chi connectivity index (χ1) is 9.25. The first kappa shape index (κ1) is 12.5. The summed E-state index contributed by atoms with van der Waals surface area (Å²) in [4.78, 5) is 12.5. The molecule has 0 unspecified atom stereocenters. The van der Waals surface area contributed by atoms with E-state index in [-0.39, 0.29) is 17.7 Å². The molecule has 1 fully saturated rings. The Morgan fingerprint density at radius 3 is 2.53 bits per heavy atom. The van der Waals surface area contributed by atoms with Crippen molar-refractivity contribution in [2.24, 2.45) is 5.92 Å². The molecule has 1 aliphatic heterocycles. The van der Waals surface area contributed by atoms with E-state index in [1.165, 1.54) is 5.56 Å². The number of hydrogen-bond acceptors (Lipinski definition) is 2. The van der Waals surface area contributed by atoms with Crippen LogP contribution in [-0.2, 0) is 0 Å². The summed E-state index contributed by atoms with van der Waals surface area (Å²) < 4.78 is 1.67. The molecule has 0 bridgehead atoms. The summed E-state index contributed by atoms with van der Waals surface area (Å²) in [6, 6.07) is 11.5. The summed E-state index contributed by atoms with van der Waals surface area (Å²) in [6.07, 6.45) is 3.61. The zero-order valence-electron chi connectivity index (χ0n) is 10.4. The number of rotatable bonds is 2. The smallest absolute Gasteiger partial charge is 0.235 e. The number of aromatic nitrogens is 1. The number of nitrogens with one attached hydrogen (secondary N) is 1. The minimum atomic E-state index is -0.0198. The molecular formula is C15H15ClN2O. The van der Waals surface area contributed by atoms with Crippen molar-refractivity contribution in [3.8, 4) is 0 Å². The van der Waals surface area contributed by atoms with E-state index < -0.39 is 0 Å². The topological polar surface area (TPSA) is 34.0 Å². The third-order valence-electron chi connectivity index (χ3n) is 3.69. The Morgan fingerprint density at radius 1 is 1.16 bits per heavy atom. The van der Waals surface area contributed by atoms with E-state index in [2.05, 4.69) is 5.32 Å². The Labute approximate surface area is 117 Å². The van der Waals surface area contributed by atoms with Crippen molar-refractivity contribution in [1.82, 2.24) is 9.88 Å². The van der Waals surface area contributed by atoms with E-state index >= 15 is 0 Å². The molecule has 1 N–H and O–H groups in total. The standard InChI is InChI=1S/C15H15ClN2O/c16-12-5-3-11(4-6-12)13-9-17-10-14(13)15(19)18-7-1-2-8-18/h1-8,13-14,17H,9-10H2/t13-,14+/m0/s1. The van der Waals surface area contributed by atoms with Crippen LogP contribution in [0.2, 0.25) is 5.02 Å². The summed E-state index contributed by atoms with van der Waals surface area (Å²) in [5, 5.41) is 4.04. The van der Waals surface area contributed by atoms with Gasteiger partial charge in [-0.05, 0) is 29.8 Å². The number of nitrogens with zero attached hydrogens (tertiary/aromatic N) is 1. The summed E-state index contributed by atoms with van der Waals surface area (Å²) in [5.74, 6) is 0.343. The Bertz CT molecular complexity index is 562. The van der Waals surface area contributed by atoms with Crippen molar-refractivity contribution in [2.45, 2.75) is 5.92 Å². The van der Waals surface area contributed by atoms with Gasteiger partial charge in [-0.25, -0.2) is 0 Å². The highest BCUT2D eigenvalue weighted by Crippen LogP contribution is 2.30. The van der Waals surface area contributed by atoms with Crippen LogP contribution in [0.4, 0.5) is 0 Å². The zero-order valence-corrected chi connectivity index (χ0v) is 11.2. The predicted octanol–water partition coefficient (Wildman–Crippen LogP) is 2.78. The fourth-order valence-corrected chi connectivity index (χ4v) is 2.80. The normalized spacial score (nSPS) is 22.6. The van der Waals surface area contributed by atoms with Crippen LogP contribution in [0, 0.1) is 5.92 Å². The third kappa shape index (κ3) is 2.44. The van der Waals surface area contributed by atoms with Crippen molar-refractivity contribution in [1.29, 1.82) is 0 Å². The second kappa shape index (κ2) is 5.19. The van der Waals surface area contributed by atoms with Gasteiger partial charge in [0.15, 0.2) is 0 Å². The fourth-order valence-electron chi connectivity index (χ4n) is 2.67. The minimum absolute atomic E-state index is 0.0198. The molecule has 2 atom stereocenters. The van der Waals surface area contributed by atoms with Crippen molar-refractivity contribution in [2.75, 3.05) is 13.1 Å². The van der Waals surface area contributed by atoms with Crippen LogP contribution >= 0.6 is 11.6 Å². The molecule has 0 saturated carbocycles. The molecule has 0 aliphatic carbocycles. The van der Waals surface area contributed by atoms with E-state index in [9.17, 15) is 4.79 Å². The molecule has 1 aromatic carbocycles. The Balaban J connectivity index is 1.85. The van der Waals surface area contributed by atoms with Gasteiger partial charge >= 0.3 is 0 Å². The van der Waals surface area contributed by atoms with Gasteiger partial charge in [-0.15, -0.1) is 0 Å². The van der Waals surface area contributed by atoms with Crippen molar-refractivity contribution in [3.63, 3.8) is 0 Å².